The van der Waals surface area contributed by atoms with Crippen molar-refractivity contribution in [3.63, 3.8) is 0 Å². The number of anilines is 1. The van der Waals surface area contributed by atoms with E-state index in [0.29, 0.717) is 5.88 Å². The van der Waals surface area contributed by atoms with Gasteiger partial charge in [-0.25, -0.2) is 4.98 Å². The molecule has 30 heavy (non-hydrogen) atoms. The van der Waals surface area contributed by atoms with Crippen molar-refractivity contribution in [2.75, 3.05) is 38.3 Å². The molecule has 0 atom stereocenters. The lowest BCUT2D eigenvalue weighted by molar-refractivity contribution is 0.122. The normalized spacial score (nSPS) is 14.3. The predicted octanol–water partition coefficient (Wildman–Crippen LogP) is 5.32. The van der Waals surface area contributed by atoms with E-state index in [1.807, 2.05) is 18.3 Å². The Labute approximate surface area is 175 Å². The second-order valence-electron chi connectivity index (χ2n) is 7.54. The Morgan fingerprint density at radius 1 is 0.967 bits per heavy atom. The average Bonchev–Trinajstić information content (AvgIpc) is 3.18. The van der Waals surface area contributed by atoms with Gasteiger partial charge in [0.25, 0.3) is 0 Å². The molecule has 5 rings (SSSR count). The van der Waals surface area contributed by atoms with Crippen molar-refractivity contribution in [1.29, 1.82) is 0 Å². The number of rotatable bonds is 4. The van der Waals surface area contributed by atoms with E-state index < -0.39 is 0 Å². The van der Waals surface area contributed by atoms with Gasteiger partial charge in [0, 0.05) is 53.1 Å². The highest BCUT2D eigenvalue weighted by Crippen LogP contribution is 2.42. The van der Waals surface area contributed by atoms with E-state index in [1.165, 1.54) is 11.3 Å². The molecule has 152 valence electrons. The number of ether oxygens (including phenoxy) is 2. The van der Waals surface area contributed by atoms with Gasteiger partial charge in [-0.3, -0.25) is 0 Å². The predicted molar refractivity (Wildman–Crippen MR) is 119 cm³/mol. The van der Waals surface area contributed by atoms with E-state index in [0.717, 1.165) is 59.7 Å². The number of pyridine rings is 1. The van der Waals surface area contributed by atoms with Gasteiger partial charge in [0.1, 0.15) is 11.3 Å². The van der Waals surface area contributed by atoms with E-state index in [9.17, 15) is 0 Å². The highest BCUT2D eigenvalue weighted by molar-refractivity contribution is 6.03. The second-order valence-corrected chi connectivity index (χ2v) is 7.54. The molecule has 1 aliphatic heterocycles. The lowest BCUT2D eigenvalue weighted by Gasteiger charge is -2.28. The third-order valence-corrected chi connectivity index (χ3v) is 5.56. The number of morpholine rings is 1. The molecule has 3 heterocycles. The molecule has 0 unspecified atom stereocenters. The number of aryl methyl sites for hydroxylation is 1. The maximum Gasteiger partial charge on any atom is 0.212 e. The number of hydrogen-bond acceptors (Lipinski definition) is 5. The first-order valence-corrected chi connectivity index (χ1v) is 10.2. The zero-order valence-electron chi connectivity index (χ0n) is 17.2. The lowest BCUT2D eigenvalue weighted by atomic mass is 9.98. The van der Waals surface area contributed by atoms with Crippen LogP contribution in [-0.2, 0) is 4.74 Å². The first-order valence-electron chi connectivity index (χ1n) is 10.2. The van der Waals surface area contributed by atoms with Crippen LogP contribution in [0.5, 0.6) is 5.88 Å². The minimum atomic E-state index is 0.595. The summed E-state index contributed by atoms with van der Waals surface area (Å²) < 4.78 is 17.2. The lowest BCUT2D eigenvalue weighted by Crippen LogP contribution is -2.36. The summed E-state index contributed by atoms with van der Waals surface area (Å²) in [6, 6.07) is 18.8. The molecule has 1 saturated heterocycles. The van der Waals surface area contributed by atoms with Crippen LogP contribution < -0.4 is 9.64 Å². The SMILES string of the molecule is COc1ccc(-c2c(-c3cccc(C)c3)oc3ccc(N4CCOCC4)cc23)cn1. The van der Waals surface area contributed by atoms with Gasteiger partial charge in [-0.1, -0.05) is 23.8 Å². The number of methoxy groups -OCH3 is 1. The number of fused-ring (bicyclic) bond motifs is 1. The molecule has 1 aliphatic rings. The minimum Gasteiger partial charge on any atom is -0.481 e. The number of furan rings is 1. The van der Waals surface area contributed by atoms with E-state index >= 15 is 0 Å². The monoisotopic (exact) mass is 400 g/mol. The van der Waals surface area contributed by atoms with Crippen LogP contribution in [0.2, 0.25) is 0 Å². The summed E-state index contributed by atoms with van der Waals surface area (Å²) >= 11 is 0. The van der Waals surface area contributed by atoms with E-state index in [4.69, 9.17) is 13.9 Å². The quantitative estimate of drug-likeness (QED) is 0.464. The van der Waals surface area contributed by atoms with Crippen molar-refractivity contribution in [2.45, 2.75) is 6.92 Å². The molecule has 0 bridgehead atoms. The Morgan fingerprint density at radius 3 is 2.57 bits per heavy atom. The van der Waals surface area contributed by atoms with E-state index in [2.05, 4.69) is 59.3 Å². The third kappa shape index (κ3) is 3.42. The first kappa shape index (κ1) is 18.7. The molecule has 5 nitrogen and oxygen atoms in total. The fourth-order valence-electron chi connectivity index (χ4n) is 4.03. The summed E-state index contributed by atoms with van der Waals surface area (Å²) in [5.74, 6) is 1.46. The number of nitrogens with zero attached hydrogens (tertiary/aromatic N) is 2. The highest BCUT2D eigenvalue weighted by Gasteiger charge is 2.20. The van der Waals surface area contributed by atoms with Crippen molar-refractivity contribution in [1.82, 2.24) is 4.98 Å². The average molecular weight is 400 g/mol. The first-order chi connectivity index (χ1) is 14.7. The van der Waals surface area contributed by atoms with Crippen LogP contribution in [0.15, 0.2) is 65.2 Å². The largest absolute Gasteiger partial charge is 0.481 e. The number of benzene rings is 2. The van der Waals surface area contributed by atoms with Crippen LogP contribution in [0.1, 0.15) is 5.56 Å². The summed E-state index contributed by atoms with van der Waals surface area (Å²) in [7, 11) is 1.63. The van der Waals surface area contributed by atoms with Crippen LogP contribution in [0.25, 0.3) is 33.4 Å². The minimum absolute atomic E-state index is 0.595. The molecule has 2 aromatic heterocycles. The topological polar surface area (TPSA) is 47.7 Å². The van der Waals surface area contributed by atoms with Crippen LogP contribution in [0.3, 0.4) is 0 Å². The highest BCUT2D eigenvalue weighted by atomic mass is 16.5. The van der Waals surface area contributed by atoms with Crippen molar-refractivity contribution < 1.29 is 13.9 Å². The van der Waals surface area contributed by atoms with Gasteiger partial charge in [0.05, 0.1) is 20.3 Å². The maximum atomic E-state index is 6.39. The molecule has 5 heteroatoms. The van der Waals surface area contributed by atoms with Crippen molar-refractivity contribution in [3.8, 4) is 28.3 Å². The van der Waals surface area contributed by atoms with Crippen molar-refractivity contribution >= 4 is 16.7 Å². The summed E-state index contributed by atoms with van der Waals surface area (Å²) in [6.45, 7) is 5.40. The van der Waals surface area contributed by atoms with Gasteiger partial charge in [-0.15, -0.1) is 0 Å². The second kappa shape index (κ2) is 7.84. The fraction of sp³-hybridized carbons (Fsp3) is 0.240. The van der Waals surface area contributed by atoms with Gasteiger partial charge in [-0.05, 0) is 37.3 Å². The summed E-state index contributed by atoms with van der Waals surface area (Å²) in [4.78, 5) is 6.79. The Hall–Kier alpha value is -3.31. The zero-order valence-corrected chi connectivity index (χ0v) is 17.2. The van der Waals surface area contributed by atoms with E-state index in [-0.39, 0.29) is 0 Å². The molecule has 1 fully saturated rings. The van der Waals surface area contributed by atoms with Crippen LogP contribution in [0.4, 0.5) is 5.69 Å². The van der Waals surface area contributed by atoms with Crippen molar-refractivity contribution in [2.24, 2.45) is 0 Å². The fourth-order valence-corrected chi connectivity index (χ4v) is 4.03. The third-order valence-electron chi connectivity index (χ3n) is 5.56. The van der Waals surface area contributed by atoms with Crippen LogP contribution in [0, 0.1) is 6.92 Å². The molecule has 0 spiro atoms. The summed E-state index contributed by atoms with van der Waals surface area (Å²) in [5, 5.41) is 1.09. The van der Waals surface area contributed by atoms with Gasteiger partial charge in [-0.2, -0.15) is 0 Å². The maximum absolute atomic E-state index is 6.39. The molecule has 4 aromatic rings. The molecule has 0 N–H and O–H groups in total. The Morgan fingerprint density at radius 2 is 1.83 bits per heavy atom. The summed E-state index contributed by atoms with van der Waals surface area (Å²) in [6.07, 6.45) is 1.85. The van der Waals surface area contributed by atoms with Crippen LogP contribution in [-0.4, -0.2) is 38.4 Å². The van der Waals surface area contributed by atoms with Gasteiger partial charge < -0.3 is 18.8 Å². The smallest absolute Gasteiger partial charge is 0.212 e. The van der Waals surface area contributed by atoms with E-state index in [1.54, 1.807) is 7.11 Å². The standard InChI is InChI=1S/C25H24N2O3/c1-17-4-3-5-18(14-17)25-24(19-6-9-23(28-2)26-16-19)21-15-20(7-8-22(21)30-25)27-10-12-29-13-11-27/h3-9,14-16H,10-13H2,1-2H3. The molecule has 0 amide bonds. The number of hydrogen-bond donors (Lipinski definition) is 0. The Kier molecular flexibility index (Phi) is 4.89. The van der Waals surface area contributed by atoms with Gasteiger partial charge >= 0.3 is 0 Å². The van der Waals surface area contributed by atoms with Crippen molar-refractivity contribution in [3.05, 3.63) is 66.4 Å². The number of aromatic nitrogens is 1. The molecular formula is C25H24N2O3. The molecular weight excluding hydrogens is 376 g/mol. The Bertz CT molecular complexity index is 1170. The Balaban J connectivity index is 1.71. The van der Waals surface area contributed by atoms with Crippen LogP contribution >= 0.6 is 0 Å². The summed E-state index contributed by atoms with van der Waals surface area (Å²) in [5.41, 5.74) is 6.37. The molecule has 0 saturated carbocycles. The van der Waals surface area contributed by atoms with Gasteiger partial charge in [0.15, 0.2) is 0 Å². The molecule has 0 radical (unpaired) electrons. The molecule has 0 aliphatic carbocycles. The molecule has 2 aromatic carbocycles. The zero-order chi connectivity index (χ0) is 20.5. The van der Waals surface area contributed by atoms with Gasteiger partial charge in [0.2, 0.25) is 5.88 Å².